The Bertz CT molecular complexity index is 1740. The second kappa shape index (κ2) is 24.4. The maximum absolute atomic E-state index is 12.9. The van der Waals surface area contributed by atoms with E-state index in [0.29, 0.717) is 86.5 Å². The van der Waals surface area contributed by atoms with Gasteiger partial charge < -0.3 is 40.2 Å². The van der Waals surface area contributed by atoms with Gasteiger partial charge in [0.15, 0.2) is 0 Å². The molecule has 17 heteroatoms. The van der Waals surface area contributed by atoms with Crippen LogP contribution in [0.5, 0.6) is 0 Å². The molecule has 1 heterocycles. The average Bonchev–Trinajstić information content (AvgIpc) is 3.68. The fraction of sp³-hybridized carbons (Fsp3) is 0.537. The molecule has 1 atom stereocenters. The fourth-order valence-corrected chi connectivity index (χ4v) is 6.33. The Hall–Kier alpha value is -5.39. The van der Waals surface area contributed by atoms with E-state index >= 15 is 0 Å². The van der Waals surface area contributed by atoms with Gasteiger partial charge in [-0.3, -0.25) is 33.6 Å². The molecular weight excluding hydrogens is 754 g/mol. The van der Waals surface area contributed by atoms with Crippen molar-refractivity contribution in [1.82, 2.24) is 15.7 Å². The number of methoxy groups -OCH3 is 1. The summed E-state index contributed by atoms with van der Waals surface area (Å²) in [4.78, 5) is 91.6. The molecule has 2 aromatic rings. The van der Waals surface area contributed by atoms with Crippen LogP contribution in [0.3, 0.4) is 0 Å². The smallest absolute Gasteiger partial charge is 0.432 e. The Kier molecular flexibility index (Phi) is 19.1. The molecule has 316 valence electrons. The molecule has 1 fully saturated rings. The van der Waals surface area contributed by atoms with Crippen LogP contribution in [-0.2, 0) is 52.6 Å². The summed E-state index contributed by atoms with van der Waals surface area (Å²) >= 11 is 0. The second-order valence-electron chi connectivity index (χ2n) is 13.8. The predicted octanol–water partition coefficient (Wildman–Crippen LogP) is 4.34. The van der Waals surface area contributed by atoms with Gasteiger partial charge in [0.25, 0.3) is 11.8 Å². The van der Waals surface area contributed by atoms with E-state index in [0.717, 1.165) is 30.4 Å². The molecule has 0 spiro atoms. The lowest BCUT2D eigenvalue weighted by Crippen LogP contribution is -2.32. The van der Waals surface area contributed by atoms with Crippen LogP contribution in [-0.4, -0.2) is 107 Å². The minimum Gasteiger partial charge on any atom is -0.432 e. The van der Waals surface area contributed by atoms with Gasteiger partial charge in [-0.25, -0.2) is 4.79 Å². The quantitative estimate of drug-likeness (QED) is 0.0593. The van der Waals surface area contributed by atoms with E-state index in [4.69, 9.17) is 23.8 Å². The fourth-order valence-electron chi connectivity index (χ4n) is 6.33. The minimum absolute atomic E-state index is 0.0705. The highest BCUT2D eigenvalue weighted by Crippen LogP contribution is 2.47. The molecule has 0 radical (unpaired) electrons. The monoisotopic (exact) mass is 809 g/mol. The number of carbonyl (C=O) groups excluding carboxylic acids is 7. The van der Waals surface area contributed by atoms with Gasteiger partial charge in [-0.1, -0.05) is 30.5 Å². The highest BCUT2D eigenvalue weighted by molar-refractivity contribution is 6.01. The van der Waals surface area contributed by atoms with E-state index in [1.807, 2.05) is 12.1 Å². The van der Waals surface area contributed by atoms with Crippen LogP contribution >= 0.6 is 0 Å². The summed E-state index contributed by atoms with van der Waals surface area (Å²) < 4.78 is 21.3. The third-order valence-corrected chi connectivity index (χ3v) is 9.28. The summed E-state index contributed by atoms with van der Waals surface area (Å²) in [6.07, 6.45) is 2.65. The van der Waals surface area contributed by atoms with Crippen molar-refractivity contribution in [1.29, 1.82) is 0 Å². The Morgan fingerprint density at radius 3 is 1.66 bits per heavy atom. The normalized spacial score (nSPS) is 14.1. The Balaban J connectivity index is 1.34. The average molecular weight is 810 g/mol. The van der Waals surface area contributed by atoms with E-state index in [1.54, 1.807) is 31.4 Å². The number of rotatable bonds is 26. The van der Waals surface area contributed by atoms with Crippen molar-refractivity contribution in [2.75, 3.05) is 70.5 Å². The highest BCUT2D eigenvalue weighted by atomic mass is 16.8. The number of carbonyl (C=O) groups is 7. The molecule has 0 saturated carbocycles. The molecule has 1 aliphatic heterocycles. The van der Waals surface area contributed by atoms with Crippen LogP contribution in [0.15, 0.2) is 36.4 Å². The SMILES string of the molecule is CCCCOCCNC(=O)CCCC(=O)Nc1ccc2c(c1)C(COC(=O)ON1C(=O)CCC1=O)c1cc(NC(=O)CCCC(=O)NCCOCCCOC)ccc1-2. The van der Waals surface area contributed by atoms with Gasteiger partial charge in [0.05, 0.1) is 13.2 Å². The molecule has 4 N–H and O–H groups in total. The van der Waals surface area contributed by atoms with Crippen LogP contribution in [0.2, 0.25) is 0 Å². The van der Waals surface area contributed by atoms with Gasteiger partial charge in [0, 0.05) is 95.8 Å². The van der Waals surface area contributed by atoms with Crippen molar-refractivity contribution in [3.63, 3.8) is 0 Å². The largest absolute Gasteiger partial charge is 0.533 e. The molecule has 1 unspecified atom stereocenters. The van der Waals surface area contributed by atoms with Crippen molar-refractivity contribution >= 4 is 53.0 Å². The number of amides is 6. The summed E-state index contributed by atoms with van der Waals surface area (Å²) in [6.45, 7) is 5.23. The topological polar surface area (TPSA) is 217 Å². The molecule has 1 saturated heterocycles. The van der Waals surface area contributed by atoms with Crippen molar-refractivity contribution in [3.8, 4) is 11.1 Å². The lowest BCUT2D eigenvalue weighted by Gasteiger charge is -2.17. The van der Waals surface area contributed by atoms with Crippen LogP contribution in [0.4, 0.5) is 16.2 Å². The lowest BCUT2D eigenvalue weighted by atomic mass is 9.97. The molecule has 1 aliphatic carbocycles. The number of nitrogens with zero attached hydrogens (tertiary/aromatic N) is 1. The molecule has 17 nitrogen and oxygen atoms in total. The Morgan fingerprint density at radius 2 is 1.16 bits per heavy atom. The number of ether oxygens (including phenoxy) is 4. The molecule has 2 aromatic carbocycles. The number of hydrogen-bond donors (Lipinski definition) is 4. The van der Waals surface area contributed by atoms with Gasteiger partial charge in [0.2, 0.25) is 23.6 Å². The van der Waals surface area contributed by atoms with Gasteiger partial charge in [-0.15, -0.1) is 0 Å². The van der Waals surface area contributed by atoms with E-state index in [9.17, 15) is 33.6 Å². The number of anilines is 2. The van der Waals surface area contributed by atoms with E-state index in [1.165, 1.54) is 0 Å². The van der Waals surface area contributed by atoms with Gasteiger partial charge in [-0.2, -0.15) is 0 Å². The van der Waals surface area contributed by atoms with Gasteiger partial charge >= 0.3 is 6.16 Å². The molecule has 0 bridgehead atoms. The van der Waals surface area contributed by atoms with E-state index < -0.39 is 23.9 Å². The first-order valence-electron chi connectivity index (χ1n) is 19.9. The van der Waals surface area contributed by atoms with Crippen LogP contribution in [0.1, 0.15) is 94.6 Å². The highest BCUT2D eigenvalue weighted by Gasteiger charge is 2.35. The van der Waals surface area contributed by atoms with Gasteiger partial charge in [-0.05, 0) is 72.2 Å². The predicted molar refractivity (Wildman–Crippen MR) is 211 cm³/mol. The molecule has 4 rings (SSSR count). The van der Waals surface area contributed by atoms with Crippen molar-refractivity contribution in [2.24, 2.45) is 0 Å². The third-order valence-electron chi connectivity index (χ3n) is 9.28. The van der Waals surface area contributed by atoms with Gasteiger partial charge in [0.1, 0.15) is 6.61 Å². The first-order valence-corrected chi connectivity index (χ1v) is 19.9. The number of benzene rings is 2. The molecule has 0 aromatic heterocycles. The summed E-state index contributed by atoms with van der Waals surface area (Å²) in [5.74, 6) is -2.79. The summed E-state index contributed by atoms with van der Waals surface area (Å²) in [5.41, 5.74) is 4.00. The minimum atomic E-state index is -1.24. The van der Waals surface area contributed by atoms with Crippen molar-refractivity contribution in [3.05, 3.63) is 47.5 Å². The van der Waals surface area contributed by atoms with Crippen molar-refractivity contribution in [2.45, 2.75) is 83.5 Å². The Labute approximate surface area is 338 Å². The van der Waals surface area contributed by atoms with E-state index in [2.05, 4.69) is 28.2 Å². The first kappa shape index (κ1) is 45.3. The summed E-state index contributed by atoms with van der Waals surface area (Å²) in [6, 6.07) is 10.7. The van der Waals surface area contributed by atoms with Crippen LogP contribution in [0.25, 0.3) is 11.1 Å². The van der Waals surface area contributed by atoms with E-state index in [-0.39, 0.29) is 68.8 Å². The van der Waals surface area contributed by atoms with Crippen molar-refractivity contribution < 1.29 is 57.3 Å². The number of hydroxylamine groups is 2. The number of hydrogen-bond acceptors (Lipinski definition) is 12. The summed E-state index contributed by atoms with van der Waals surface area (Å²) in [7, 11) is 1.62. The molecular formula is C41H55N5O12. The maximum Gasteiger partial charge on any atom is 0.533 e. The number of imide groups is 1. The lowest BCUT2D eigenvalue weighted by molar-refractivity contribution is -0.177. The summed E-state index contributed by atoms with van der Waals surface area (Å²) in [5, 5.41) is 11.7. The number of unbranched alkanes of at least 4 members (excludes halogenated alkanes) is 1. The number of nitrogens with one attached hydrogen (secondary N) is 4. The zero-order chi connectivity index (χ0) is 41.7. The zero-order valence-corrected chi connectivity index (χ0v) is 33.3. The third kappa shape index (κ3) is 14.8. The Morgan fingerprint density at radius 1 is 0.655 bits per heavy atom. The van der Waals surface area contributed by atoms with Crippen LogP contribution in [0, 0.1) is 0 Å². The molecule has 6 amide bonds. The van der Waals surface area contributed by atoms with Crippen LogP contribution < -0.4 is 21.3 Å². The first-order chi connectivity index (χ1) is 28.1. The number of fused-ring (bicyclic) bond motifs is 3. The molecule has 58 heavy (non-hydrogen) atoms. The standard InChI is InChI=1S/C41H55N5O12/c1-3-4-21-55-23-18-42-35(47)8-5-10-37(49)44-28-12-14-30-31-15-13-29(45-38(50)11-6-9-36(48)43-19-24-56-22-7-20-54-2)26-33(31)34(32(30)25-28)27-57-41(53)58-46-39(51)16-17-40(46)52/h12-15,25-26,34H,3-11,16-24,27H2,1-2H3,(H,42,47)(H,43,48)(H,44,49)(H,45,50). The molecule has 2 aliphatic rings. The zero-order valence-electron chi connectivity index (χ0n) is 33.3. The second-order valence-corrected chi connectivity index (χ2v) is 13.8. The maximum atomic E-state index is 12.9.